The first kappa shape index (κ1) is 34.9. The topological polar surface area (TPSA) is 30.7 Å². The zero-order chi connectivity index (χ0) is 40.3. The van der Waals surface area contributed by atoms with E-state index in [1.54, 1.807) is 0 Å². The fourth-order valence-corrected chi connectivity index (χ4v) is 9.22. The highest BCUT2D eigenvalue weighted by atomic mass is 15.0. The molecule has 0 amide bonds. The Morgan fingerprint density at radius 2 is 0.885 bits per heavy atom. The Kier molecular flexibility index (Phi) is 8.17. The number of fused-ring (bicyclic) bond motifs is 6. The summed E-state index contributed by atoms with van der Waals surface area (Å²) in [5.41, 5.74) is 14.3. The van der Waals surface area contributed by atoms with Gasteiger partial charge in [-0.2, -0.15) is 0 Å². The van der Waals surface area contributed by atoms with Gasteiger partial charge in [-0.25, -0.2) is 9.97 Å². The summed E-state index contributed by atoms with van der Waals surface area (Å²) in [6.07, 6.45) is 0. The smallest absolute Gasteiger partial charge is 0.160 e. The number of nitrogens with zero attached hydrogens (tertiary/aromatic N) is 3. The van der Waals surface area contributed by atoms with Gasteiger partial charge in [0.15, 0.2) is 5.82 Å². The molecular weight excluding hydrogens is 739 g/mol. The second-order valence-corrected chi connectivity index (χ2v) is 15.8. The van der Waals surface area contributed by atoms with Crippen LogP contribution in [0.5, 0.6) is 0 Å². The van der Waals surface area contributed by atoms with Crippen LogP contribution < -0.4 is 0 Å². The summed E-state index contributed by atoms with van der Waals surface area (Å²) < 4.78 is 2.41. The molecule has 3 nitrogen and oxygen atoms in total. The number of benzene rings is 10. The quantitative estimate of drug-likeness (QED) is 0.168. The molecule has 0 unspecified atom stereocenters. The van der Waals surface area contributed by atoms with Crippen molar-refractivity contribution in [2.45, 2.75) is 0 Å². The largest absolute Gasteiger partial charge is 0.309 e. The third-order valence-electron chi connectivity index (χ3n) is 12.2. The van der Waals surface area contributed by atoms with Gasteiger partial charge in [-0.15, -0.1) is 0 Å². The van der Waals surface area contributed by atoms with E-state index in [1.807, 2.05) is 0 Å². The van der Waals surface area contributed by atoms with Crippen molar-refractivity contribution >= 4 is 54.3 Å². The Balaban J connectivity index is 1.05. The molecule has 284 valence electrons. The molecule has 2 heterocycles. The van der Waals surface area contributed by atoms with Gasteiger partial charge in [-0.05, 0) is 116 Å². The Hall–Kier alpha value is -8.14. The lowest BCUT2D eigenvalue weighted by atomic mass is 9.90. The van der Waals surface area contributed by atoms with Gasteiger partial charge in [0.05, 0.1) is 22.2 Å². The minimum Gasteiger partial charge on any atom is -0.309 e. The first-order valence-corrected chi connectivity index (χ1v) is 20.8. The first-order chi connectivity index (χ1) is 30.2. The van der Waals surface area contributed by atoms with Gasteiger partial charge in [-0.1, -0.05) is 164 Å². The molecule has 0 spiro atoms. The van der Waals surface area contributed by atoms with Crippen LogP contribution in [0, 0.1) is 0 Å². The number of hydrogen-bond donors (Lipinski definition) is 0. The van der Waals surface area contributed by atoms with Gasteiger partial charge in [0.1, 0.15) is 0 Å². The third kappa shape index (κ3) is 5.98. The van der Waals surface area contributed by atoms with E-state index in [9.17, 15) is 0 Å². The van der Waals surface area contributed by atoms with Crippen LogP contribution in [0.4, 0.5) is 0 Å². The third-order valence-corrected chi connectivity index (χ3v) is 12.2. The van der Waals surface area contributed by atoms with Crippen LogP contribution in [-0.2, 0) is 0 Å². The van der Waals surface area contributed by atoms with E-state index in [2.05, 4.69) is 229 Å². The van der Waals surface area contributed by atoms with Crippen molar-refractivity contribution in [3.8, 4) is 61.7 Å². The molecule has 0 saturated heterocycles. The van der Waals surface area contributed by atoms with Crippen LogP contribution in [0.25, 0.3) is 116 Å². The van der Waals surface area contributed by atoms with Crippen molar-refractivity contribution in [1.29, 1.82) is 0 Å². The molecule has 0 fully saturated rings. The Bertz CT molecular complexity index is 3610. The average molecular weight is 776 g/mol. The summed E-state index contributed by atoms with van der Waals surface area (Å²) in [7, 11) is 0. The molecule has 0 atom stereocenters. The second-order valence-electron chi connectivity index (χ2n) is 15.8. The molecular formula is C58H37N3. The van der Waals surface area contributed by atoms with Crippen molar-refractivity contribution in [3.05, 3.63) is 224 Å². The normalized spacial score (nSPS) is 11.6. The van der Waals surface area contributed by atoms with Crippen LogP contribution in [0.1, 0.15) is 0 Å². The van der Waals surface area contributed by atoms with E-state index in [-0.39, 0.29) is 0 Å². The summed E-state index contributed by atoms with van der Waals surface area (Å²) in [6, 6.07) is 80.5. The monoisotopic (exact) mass is 775 g/mol. The van der Waals surface area contributed by atoms with E-state index in [0.29, 0.717) is 5.82 Å². The maximum atomic E-state index is 5.37. The van der Waals surface area contributed by atoms with E-state index < -0.39 is 0 Å². The number of aromatic nitrogens is 3. The zero-order valence-corrected chi connectivity index (χ0v) is 33.2. The second kappa shape index (κ2) is 14.3. The van der Waals surface area contributed by atoms with Crippen molar-refractivity contribution in [2.75, 3.05) is 0 Å². The average Bonchev–Trinajstić information content (AvgIpc) is 3.66. The predicted octanol–water partition coefficient (Wildman–Crippen LogP) is 15.4. The molecule has 0 aliphatic heterocycles. The molecule has 0 saturated carbocycles. The number of hydrogen-bond acceptors (Lipinski definition) is 2. The molecule has 0 aliphatic carbocycles. The standard InChI is InChI=1S/C58H37N3/c1-4-16-39(17-5-1)48-25-14-26-54-56(48)52-34-44-23-12-13-24-45(44)35-55(52)61(54)47-31-29-42(30-32-47)58-59-53-37-50(46-28-27-38-15-10-11-22-43(38)33-46)49(40-18-6-2-7-19-40)36-51(53)57(60-58)41-20-8-3-9-21-41/h1-37H. The lowest BCUT2D eigenvalue weighted by molar-refractivity contribution is 1.17. The summed E-state index contributed by atoms with van der Waals surface area (Å²) in [6.45, 7) is 0. The van der Waals surface area contributed by atoms with E-state index in [0.717, 1.165) is 55.7 Å². The lowest BCUT2D eigenvalue weighted by Crippen LogP contribution is -1.98. The van der Waals surface area contributed by atoms with Crippen LogP contribution >= 0.6 is 0 Å². The highest BCUT2D eigenvalue weighted by Gasteiger charge is 2.20. The minimum absolute atomic E-state index is 0.689. The molecule has 12 aromatic rings. The van der Waals surface area contributed by atoms with E-state index >= 15 is 0 Å². The molecule has 61 heavy (non-hydrogen) atoms. The Labute approximate surface area is 353 Å². The fourth-order valence-electron chi connectivity index (χ4n) is 9.22. The lowest BCUT2D eigenvalue weighted by Gasteiger charge is -2.16. The van der Waals surface area contributed by atoms with Crippen LogP contribution in [-0.4, -0.2) is 14.5 Å². The van der Waals surface area contributed by atoms with Crippen molar-refractivity contribution in [3.63, 3.8) is 0 Å². The Morgan fingerprint density at radius 3 is 1.59 bits per heavy atom. The predicted molar refractivity (Wildman–Crippen MR) is 256 cm³/mol. The van der Waals surface area contributed by atoms with Crippen LogP contribution in [0.3, 0.4) is 0 Å². The van der Waals surface area contributed by atoms with Gasteiger partial charge in [0.25, 0.3) is 0 Å². The molecule has 0 bridgehead atoms. The summed E-state index contributed by atoms with van der Waals surface area (Å²) in [4.78, 5) is 10.7. The van der Waals surface area contributed by atoms with Crippen molar-refractivity contribution in [1.82, 2.24) is 14.5 Å². The van der Waals surface area contributed by atoms with Crippen LogP contribution in [0.15, 0.2) is 224 Å². The van der Waals surface area contributed by atoms with Crippen molar-refractivity contribution < 1.29 is 0 Å². The SMILES string of the molecule is c1ccc(-c2cc3c(-c4ccccc4)nc(-c4ccc(-n5c6cc7ccccc7cc6c6c(-c7ccccc7)cccc65)cc4)nc3cc2-c2ccc3ccccc3c2)cc1. The van der Waals surface area contributed by atoms with Gasteiger partial charge < -0.3 is 4.57 Å². The fraction of sp³-hybridized carbons (Fsp3) is 0. The highest BCUT2D eigenvalue weighted by molar-refractivity contribution is 6.18. The molecule has 12 rings (SSSR count). The highest BCUT2D eigenvalue weighted by Crippen LogP contribution is 2.42. The minimum atomic E-state index is 0.689. The van der Waals surface area contributed by atoms with Gasteiger partial charge >= 0.3 is 0 Å². The van der Waals surface area contributed by atoms with Crippen LogP contribution in [0.2, 0.25) is 0 Å². The van der Waals surface area contributed by atoms with Gasteiger partial charge in [0, 0.05) is 33.0 Å². The molecule has 0 N–H and O–H groups in total. The van der Waals surface area contributed by atoms with E-state index in [1.165, 1.54) is 54.5 Å². The molecule has 0 radical (unpaired) electrons. The summed E-state index contributed by atoms with van der Waals surface area (Å²) in [5.74, 6) is 0.689. The van der Waals surface area contributed by atoms with E-state index in [4.69, 9.17) is 9.97 Å². The zero-order valence-electron chi connectivity index (χ0n) is 33.2. The molecule has 3 heteroatoms. The maximum absolute atomic E-state index is 5.37. The molecule has 2 aromatic heterocycles. The molecule has 0 aliphatic rings. The van der Waals surface area contributed by atoms with Crippen molar-refractivity contribution in [2.24, 2.45) is 0 Å². The summed E-state index contributed by atoms with van der Waals surface area (Å²) >= 11 is 0. The summed E-state index contributed by atoms with van der Waals surface area (Å²) in [5, 5.41) is 8.38. The Morgan fingerprint density at radius 1 is 0.311 bits per heavy atom. The van der Waals surface area contributed by atoms with Gasteiger partial charge in [-0.3, -0.25) is 0 Å². The molecule has 10 aromatic carbocycles. The number of rotatable bonds is 6. The first-order valence-electron chi connectivity index (χ1n) is 20.8. The maximum Gasteiger partial charge on any atom is 0.160 e. The van der Waals surface area contributed by atoms with Gasteiger partial charge in [0.2, 0.25) is 0 Å².